The highest BCUT2D eigenvalue weighted by molar-refractivity contribution is 6.30. The highest BCUT2D eigenvalue weighted by Gasteiger charge is 2.31. The molecule has 0 fully saturated rings. The van der Waals surface area contributed by atoms with E-state index in [0.717, 1.165) is 17.5 Å². The lowest BCUT2D eigenvalue weighted by Crippen LogP contribution is -2.34. The molecule has 1 N–H and O–H groups in total. The average Bonchev–Trinajstić information content (AvgIpc) is 2.55. The van der Waals surface area contributed by atoms with Gasteiger partial charge in [-0.25, -0.2) is 4.39 Å². The number of benzene rings is 1. The third kappa shape index (κ3) is 2.44. The summed E-state index contributed by atoms with van der Waals surface area (Å²) in [5.74, 6) is -0.206. The van der Waals surface area contributed by atoms with Crippen molar-refractivity contribution < 1.29 is 9.18 Å². The fourth-order valence-corrected chi connectivity index (χ4v) is 2.36. The van der Waals surface area contributed by atoms with Gasteiger partial charge in [-0.3, -0.25) is 4.79 Å². The van der Waals surface area contributed by atoms with Crippen molar-refractivity contribution in [3.63, 3.8) is 0 Å². The predicted molar refractivity (Wildman–Crippen MR) is 65.5 cm³/mol. The zero-order valence-corrected chi connectivity index (χ0v) is 10.6. The minimum Gasteiger partial charge on any atom is -0.348 e. The van der Waals surface area contributed by atoms with Crippen molar-refractivity contribution in [3.8, 4) is 0 Å². The van der Waals surface area contributed by atoms with E-state index < -0.39 is 5.38 Å². The molecule has 2 rings (SSSR count). The van der Waals surface area contributed by atoms with Gasteiger partial charge in [0.2, 0.25) is 5.91 Å². The Bertz CT molecular complexity index is 447. The van der Waals surface area contributed by atoms with Gasteiger partial charge in [-0.1, -0.05) is 13.0 Å². The Morgan fingerprint density at radius 3 is 2.94 bits per heavy atom. The molecule has 1 aliphatic rings. The van der Waals surface area contributed by atoms with Crippen molar-refractivity contribution in [2.24, 2.45) is 5.92 Å². The van der Waals surface area contributed by atoms with Gasteiger partial charge in [-0.15, -0.1) is 11.6 Å². The van der Waals surface area contributed by atoms with E-state index in [1.54, 1.807) is 13.0 Å². The summed E-state index contributed by atoms with van der Waals surface area (Å²) in [7, 11) is 0. The van der Waals surface area contributed by atoms with Crippen LogP contribution in [0.2, 0.25) is 0 Å². The molecule has 1 aromatic carbocycles. The highest BCUT2D eigenvalue weighted by atomic mass is 35.5. The fraction of sp³-hybridized carbons (Fsp3) is 0.462. The molecule has 0 heterocycles. The van der Waals surface area contributed by atoms with Crippen molar-refractivity contribution in [2.75, 3.05) is 0 Å². The molecule has 17 heavy (non-hydrogen) atoms. The van der Waals surface area contributed by atoms with Crippen molar-refractivity contribution in [1.82, 2.24) is 5.32 Å². The first-order chi connectivity index (χ1) is 7.99. The summed E-state index contributed by atoms with van der Waals surface area (Å²) in [5.41, 5.74) is 1.98. The Kier molecular flexibility index (Phi) is 3.38. The van der Waals surface area contributed by atoms with Gasteiger partial charge in [-0.05, 0) is 42.5 Å². The van der Waals surface area contributed by atoms with Crippen LogP contribution >= 0.6 is 11.6 Å². The fourth-order valence-electron chi connectivity index (χ4n) is 2.30. The molecule has 1 aromatic rings. The number of hydrogen-bond donors (Lipinski definition) is 1. The lowest BCUT2D eigenvalue weighted by atomic mass is 10.0. The zero-order valence-electron chi connectivity index (χ0n) is 9.84. The summed E-state index contributed by atoms with van der Waals surface area (Å²) in [6.45, 7) is 3.67. The monoisotopic (exact) mass is 255 g/mol. The van der Waals surface area contributed by atoms with Crippen LogP contribution in [0.15, 0.2) is 18.2 Å². The number of hydrogen-bond acceptors (Lipinski definition) is 1. The zero-order chi connectivity index (χ0) is 12.6. The summed E-state index contributed by atoms with van der Waals surface area (Å²) in [6.07, 6.45) is 0.858. The molecule has 4 heteroatoms. The number of fused-ring (bicyclic) bond motifs is 1. The molecule has 0 spiro atoms. The molecule has 1 aliphatic carbocycles. The highest BCUT2D eigenvalue weighted by Crippen LogP contribution is 2.36. The van der Waals surface area contributed by atoms with Crippen LogP contribution in [-0.2, 0) is 11.2 Å². The van der Waals surface area contributed by atoms with E-state index >= 15 is 0 Å². The maximum absolute atomic E-state index is 13.2. The molecule has 1 amide bonds. The topological polar surface area (TPSA) is 29.1 Å². The van der Waals surface area contributed by atoms with Gasteiger partial charge in [0, 0.05) is 0 Å². The van der Waals surface area contributed by atoms with Crippen LogP contribution in [0.4, 0.5) is 4.39 Å². The van der Waals surface area contributed by atoms with Gasteiger partial charge in [0.25, 0.3) is 0 Å². The maximum atomic E-state index is 13.2. The van der Waals surface area contributed by atoms with E-state index in [2.05, 4.69) is 5.32 Å². The summed E-state index contributed by atoms with van der Waals surface area (Å²) in [5, 5.41) is 2.30. The van der Waals surface area contributed by atoms with Crippen molar-refractivity contribution in [3.05, 3.63) is 35.1 Å². The third-order valence-electron chi connectivity index (χ3n) is 3.21. The molecule has 3 unspecified atom stereocenters. The van der Waals surface area contributed by atoms with E-state index in [-0.39, 0.29) is 23.7 Å². The first kappa shape index (κ1) is 12.4. The molecular formula is C13H15ClFNO. The van der Waals surface area contributed by atoms with E-state index in [9.17, 15) is 9.18 Å². The van der Waals surface area contributed by atoms with Gasteiger partial charge in [0.15, 0.2) is 0 Å². The number of carbonyl (C=O) groups is 1. The molecular weight excluding hydrogens is 241 g/mol. The molecule has 0 saturated heterocycles. The van der Waals surface area contributed by atoms with Crippen LogP contribution in [0, 0.1) is 11.7 Å². The van der Waals surface area contributed by atoms with Crippen molar-refractivity contribution >= 4 is 17.5 Å². The van der Waals surface area contributed by atoms with Crippen LogP contribution in [0.3, 0.4) is 0 Å². The van der Waals surface area contributed by atoms with Crippen molar-refractivity contribution in [1.29, 1.82) is 0 Å². The Morgan fingerprint density at radius 1 is 1.59 bits per heavy atom. The smallest absolute Gasteiger partial charge is 0.238 e. The second-order valence-electron chi connectivity index (χ2n) is 4.63. The van der Waals surface area contributed by atoms with Gasteiger partial charge in [-0.2, -0.15) is 0 Å². The number of alkyl halides is 1. The average molecular weight is 256 g/mol. The summed E-state index contributed by atoms with van der Waals surface area (Å²) < 4.78 is 13.2. The van der Waals surface area contributed by atoms with Crippen molar-refractivity contribution in [2.45, 2.75) is 31.7 Å². The molecule has 3 atom stereocenters. The van der Waals surface area contributed by atoms with E-state index in [0.29, 0.717) is 0 Å². The molecule has 0 aliphatic heterocycles. The number of rotatable bonds is 2. The summed E-state index contributed by atoms with van der Waals surface area (Å²) in [6, 6.07) is 4.62. The van der Waals surface area contributed by atoms with Crippen LogP contribution in [0.25, 0.3) is 0 Å². The molecule has 0 saturated carbocycles. The minimum atomic E-state index is -0.570. The van der Waals surface area contributed by atoms with Gasteiger partial charge < -0.3 is 5.32 Å². The number of halogens is 2. The standard InChI is InChI=1S/C13H15ClFNO/c1-7-5-9-3-4-10(15)6-11(9)12(7)16-13(17)8(2)14/h3-4,6-8,12H,5H2,1-2H3,(H,16,17). The largest absolute Gasteiger partial charge is 0.348 e. The quantitative estimate of drug-likeness (QED) is 0.809. The van der Waals surface area contributed by atoms with E-state index in [1.807, 2.05) is 6.92 Å². The predicted octanol–water partition coefficient (Wildman–Crippen LogP) is 2.80. The third-order valence-corrected chi connectivity index (χ3v) is 3.41. The Balaban J connectivity index is 2.25. The van der Waals surface area contributed by atoms with E-state index in [1.165, 1.54) is 12.1 Å². The van der Waals surface area contributed by atoms with Crippen LogP contribution < -0.4 is 5.32 Å². The van der Waals surface area contributed by atoms with Gasteiger partial charge in [0.05, 0.1) is 6.04 Å². The second-order valence-corrected chi connectivity index (χ2v) is 5.28. The maximum Gasteiger partial charge on any atom is 0.238 e. The molecule has 92 valence electrons. The lowest BCUT2D eigenvalue weighted by molar-refractivity contribution is -0.121. The minimum absolute atomic E-state index is 0.130. The van der Waals surface area contributed by atoms with Crippen LogP contribution in [-0.4, -0.2) is 11.3 Å². The molecule has 2 nitrogen and oxygen atoms in total. The molecule has 0 aromatic heterocycles. The Hall–Kier alpha value is -1.09. The van der Waals surface area contributed by atoms with Crippen LogP contribution in [0.5, 0.6) is 0 Å². The number of carbonyl (C=O) groups excluding carboxylic acids is 1. The number of nitrogens with one attached hydrogen (secondary N) is 1. The summed E-state index contributed by atoms with van der Waals surface area (Å²) >= 11 is 5.73. The van der Waals surface area contributed by atoms with E-state index in [4.69, 9.17) is 11.6 Å². The molecule has 0 radical (unpaired) electrons. The van der Waals surface area contributed by atoms with Gasteiger partial charge >= 0.3 is 0 Å². The first-order valence-corrected chi connectivity index (χ1v) is 6.15. The summed E-state index contributed by atoms with van der Waals surface area (Å²) in [4.78, 5) is 11.6. The second kappa shape index (κ2) is 4.65. The Labute approximate surface area is 105 Å². The Morgan fingerprint density at radius 2 is 2.29 bits per heavy atom. The SMILES string of the molecule is CC(Cl)C(=O)NC1c2cc(F)ccc2CC1C. The number of amides is 1. The lowest BCUT2D eigenvalue weighted by Gasteiger charge is -2.19. The van der Waals surface area contributed by atoms with Gasteiger partial charge in [0.1, 0.15) is 11.2 Å². The van der Waals surface area contributed by atoms with Crippen LogP contribution in [0.1, 0.15) is 31.0 Å². The molecule has 0 bridgehead atoms. The normalized spacial score (nSPS) is 24.2. The first-order valence-electron chi connectivity index (χ1n) is 5.72.